The molecule has 164 valence electrons. The molecule has 0 aliphatic carbocycles. The minimum atomic E-state index is -0.740. The highest BCUT2D eigenvalue weighted by Gasteiger charge is 2.30. The minimum absolute atomic E-state index is 0.147. The molecule has 0 fully saturated rings. The predicted molar refractivity (Wildman–Crippen MR) is 116 cm³/mol. The lowest BCUT2D eigenvalue weighted by Gasteiger charge is -2.35. The molecule has 0 saturated carbocycles. The number of amides is 3. The molecule has 2 aliphatic heterocycles. The molecule has 2 aliphatic rings. The number of hydrogen-bond acceptors (Lipinski definition) is 5. The van der Waals surface area contributed by atoms with E-state index in [1.807, 2.05) is 17.0 Å². The number of benzene rings is 1. The summed E-state index contributed by atoms with van der Waals surface area (Å²) in [5.41, 5.74) is 3.63. The van der Waals surface area contributed by atoms with Gasteiger partial charge in [-0.2, -0.15) is 5.10 Å². The molecule has 0 radical (unpaired) electrons. The van der Waals surface area contributed by atoms with Crippen LogP contribution < -0.4 is 15.5 Å². The zero-order valence-electron chi connectivity index (χ0n) is 17.4. The molecular formula is C23H23N5O4. The van der Waals surface area contributed by atoms with Gasteiger partial charge in [0.1, 0.15) is 11.8 Å². The second-order valence-electron chi connectivity index (χ2n) is 7.97. The van der Waals surface area contributed by atoms with Gasteiger partial charge in [0.05, 0.1) is 12.0 Å². The Morgan fingerprint density at radius 3 is 2.72 bits per heavy atom. The molecule has 2 aromatic heterocycles. The SMILES string of the molecule is O=C(NCC(c1ccco1)n1cccn1)C(=O)Nc1cc2c3c(c1)CCC(=O)N3CCC2. The molecule has 0 spiro atoms. The van der Waals surface area contributed by atoms with Crippen LogP contribution in [0.25, 0.3) is 0 Å². The van der Waals surface area contributed by atoms with E-state index in [4.69, 9.17) is 4.42 Å². The molecule has 32 heavy (non-hydrogen) atoms. The van der Waals surface area contributed by atoms with E-state index in [1.165, 1.54) is 0 Å². The van der Waals surface area contributed by atoms with Gasteiger partial charge in [-0.1, -0.05) is 0 Å². The number of carbonyl (C=O) groups is 3. The van der Waals surface area contributed by atoms with Gasteiger partial charge < -0.3 is 20.0 Å². The van der Waals surface area contributed by atoms with Gasteiger partial charge in [0.15, 0.2) is 0 Å². The first-order valence-electron chi connectivity index (χ1n) is 10.7. The standard InChI is InChI=1S/C23H23N5O4/c29-20-7-6-16-13-17(12-15-4-1-9-27(20)21(15)16)26-23(31)22(30)24-14-18(19-5-2-11-32-19)28-10-3-8-25-28/h2-3,5,8,10-13,18H,1,4,6-7,9,14H2,(H,24,30)(H,26,31). The Morgan fingerprint density at radius 2 is 1.97 bits per heavy atom. The van der Waals surface area contributed by atoms with Crippen molar-refractivity contribution in [2.24, 2.45) is 0 Å². The minimum Gasteiger partial charge on any atom is -0.467 e. The summed E-state index contributed by atoms with van der Waals surface area (Å²) in [4.78, 5) is 39.1. The highest BCUT2D eigenvalue weighted by Crippen LogP contribution is 2.37. The summed E-state index contributed by atoms with van der Waals surface area (Å²) in [5.74, 6) is -0.701. The normalized spacial score (nSPS) is 15.8. The molecule has 5 rings (SSSR count). The maximum absolute atomic E-state index is 12.6. The number of aryl methyl sites for hydroxylation is 2. The first-order valence-corrected chi connectivity index (χ1v) is 10.7. The first kappa shape index (κ1) is 20.0. The van der Waals surface area contributed by atoms with Crippen molar-refractivity contribution in [3.8, 4) is 0 Å². The Hall–Kier alpha value is -3.88. The van der Waals surface area contributed by atoms with Gasteiger partial charge in [0.25, 0.3) is 0 Å². The lowest BCUT2D eigenvalue weighted by Crippen LogP contribution is -2.40. The van der Waals surface area contributed by atoms with Crippen molar-refractivity contribution >= 4 is 29.1 Å². The molecule has 0 bridgehead atoms. The molecule has 4 heterocycles. The van der Waals surface area contributed by atoms with Crippen LogP contribution in [-0.4, -0.2) is 40.6 Å². The molecule has 1 aromatic carbocycles. The fourth-order valence-electron chi connectivity index (χ4n) is 4.45. The molecule has 1 unspecified atom stereocenters. The van der Waals surface area contributed by atoms with Crippen LogP contribution in [0.3, 0.4) is 0 Å². The number of nitrogens with zero attached hydrogens (tertiary/aromatic N) is 3. The Kier molecular flexibility index (Phi) is 5.22. The first-order chi connectivity index (χ1) is 15.6. The van der Waals surface area contributed by atoms with E-state index in [2.05, 4.69) is 15.7 Å². The fraction of sp³-hybridized carbons (Fsp3) is 0.304. The summed E-state index contributed by atoms with van der Waals surface area (Å²) in [6.07, 6.45) is 7.80. The van der Waals surface area contributed by atoms with Crippen LogP contribution in [-0.2, 0) is 27.2 Å². The molecule has 2 N–H and O–H groups in total. The third-order valence-corrected chi connectivity index (χ3v) is 5.91. The molecular weight excluding hydrogens is 410 g/mol. The fourth-order valence-corrected chi connectivity index (χ4v) is 4.45. The Balaban J connectivity index is 1.27. The maximum Gasteiger partial charge on any atom is 0.313 e. The second kappa shape index (κ2) is 8.33. The van der Waals surface area contributed by atoms with Crippen LogP contribution in [0.15, 0.2) is 53.4 Å². The number of nitrogens with one attached hydrogen (secondary N) is 2. The zero-order valence-corrected chi connectivity index (χ0v) is 17.4. The second-order valence-corrected chi connectivity index (χ2v) is 7.97. The van der Waals surface area contributed by atoms with Crippen LogP contribution in [0, 0.1) is 0 Å². The number of aromatic nitrogens is 2. The highest BCUT2D eigenvalue weighted by molar-refractivity contribution is 6.39. The molecule has 9 heteroatoms. The van der Waals surface area contributed by atoms with Gasteiger partial charge in [-0.3, -0.25) is 19.1 Å². The van der Waals surface area contributed by atoms with Crippen LogP contribution in [0.2, 0.25) is 0 Å². The van der Waals surface area contributed by atoms with Crippen LogP contribution in [0.1, 0.15) is 35.8 Å². The van der Waals surface area contributed by atoms with E-state index < -0.39 is 11.8 Å². The van der Waals surface area contributed by atoms with E-state index in [0.29, 0.717) is 24.3 Å². The molecule has 9 nitrogen and oxygen atoms in total. The Morgan fingerprint density at radius 1 is 1.12 bits per heavy atom. The van der Waals surface area contributed by atoms with E-state index in [0.717, 1.165) is 36.2 Å². The quantitative estimate of drug-likeness (QED) is 0.599. The lowest BCUT2D eigenvalue weighted by atomic mass is 9.91. The highest BCUT2D eigenvalue weighted by atomic mass is 16.3. The van der Waals surface area contributed by atoms with Gasteiger partial charge in [-0.05, 0) is 60.7 Å². The summed E-state index contributed by atoms with van der Waals surface area (Å²) in [6.45, 7) is 0.883. The zero-order chi connectivity index (χ0) is 22.1. The van der Waals surface area contributed by atoms with Gasteiger partial charge >= 0.3 is 11.8 Å². The summed E-state index contributed by atoms with van der Waals surface area (Å²) < 4.78 is 7.13. The van der Waals surface area contributed by atoms with E-state index in [-0.39, 0.29) is 18.5 Å². The molecule has 1 atom stereocenters. The monoisotopic (exact) mass is 433 g/mol. The van der Waals surface area contributed by atoms with Crippen molar-refractivity contribution in [2.75, 3.05) is 23.3 Å². The van der Waals surface area contributed by atoms with Crippen molar-refractivity contribution in [3.63, 3.8) is 0 Å². The third-order valence-electron chi connectivity index (χ3n) is 5.91. The summed E-state index contributed by atoms with van der Waals surface area (Å²) >= 11 is 0. The smallest absolute Gasteiger partial charge is 0.313 e. The number of anilines is 2. The summed E-state index contributed by atoms with van der Waals surface area (Å²) in [6, 6.07) is 8.70. The largest absolute Gasteiger partial charge is 0.467 e. The molecule has 3 amide bonds. The van der Waals surface area contributed by atoms with E-state index in [9.17, 15) is 14.4 Å². The van der Waals surface area contributed by atoms with Gasteiger partial charge in [-0.15, -0.1) is 0 Å². The van der Waals surface area contributed by atoms with Crippen molar-refractivity contribution in [2.45, 2.75) is 31.7 Å². The topological polar surface area (TPSA) is 109 Å². The average Bonchev–Trinajstić information content (AvgIpc) is 3.51. The molecule has 3 aromatic rings. The third kappa shape index (κ3) is 3.77. The predicted octanol–water partition coefficient (Wildman–Crippen LogP) is 2.05. The van der Waals surface area contributed by atoms with Crippen LogP contribution in [0.4, 0.5) is 11.4 Å². The van der Waals surface area contributed by atoms with Gasteiger partial charge in [0, 0.05) is 37.6 Å². The maximum atomic E-state index is 12.6. The number of hydrogen-bond donors (Lipinski definition) is 2. The Labute approximate surface area is 184 Å². The number of rotatable bonds is 5. The van der Waals surface area contributed by atoms with Crippen LogP contribution in [0.5, 0.6) is 0 Å². The van der Waals surface area contributed by atoms with E-state index in [1.54, 1.807) is 41.5 Å². The van der Waals surface area contributed by atoms with Crippen molar-refractivity contribution in [3.05, 3.63) is 65.9 Å². The molecule has 0 saturated heterocycles. The number of carbonyl (C=O) groups excluding carboxylic acids is 3. The Bertz CT molecular complexity index is 1100. The van der Waals surface area contributed by atoms with Crippen molar-refractivity contribution in [1.82, 2.24) is 15.1 Å². The summed E-state index contributed by atoms with van der Waals surface area (Å²) in [5, 5.41) is 9.60. The van der Waals surface area contributed by atoms with Crippen molar-refractivity contribution < 1.29 is 18.8 Å². The van der Waals surface area contributed by atoms with Crippen molar-refractivity contribution in [1.29, 1.82) is 0 Å². The summed E-state index contributed by atoms with van der Waals surface area (Å²) in [7, 11) is 0. The average molecular weight is 433 g/mol. The lowest BCUT2D eigenvalue weighted by molar-refractivity contribution is -0.136. The van der Waals surface area contributed by atoms with Gasteiger partial charge in [0.2, 0.25) is 5.91 Å². The van der Waals surface area contributed by atoms with Gasteiger partial charge in [-0.25, -0.2) is 0 Å². The number of furan rings is 1. The van der Waals surface area contributed by atoms with Crippen LogP contribution >= 0.6 is 0 Å². The van der Waals surface area contributed by atoms with E-state index >= 15 is 0 Å².